The molecule has 1 aliphatic rings. The second kappa shape index (κ2) is 4.67. The van der Waals surface area contributed by atoms with Gasteiger partial charge in [-0.1, -0.05) is 29.3 Å². The molecule has 90 valence electrons. The summed E-state index contributed by atoms with van der Waals surface area (Å²) in [5.41, 5.74) is 0.516. The number of hydrogen-bond donors (Lipinski definition) is 0. The summed E-state index contributed by atoms with van der Waals surface area (Å²) < 4.78 is 5.15. The van der Waals surface area contributed by atoms with E-state index in [-0.39, 0.29) is 12.2 Å². The lowest BCUT2D eigenvalue weighted by Crippen LogP contribution is -2.16. The second-order valence-corrected chi connectivity index (χ2v) is 4.78. The molecule has 0 unspecified atom stereocenters. The molecule has 0 N–H and O–H groups in total. The maximum atomic E-state index is 11.5. The number of ether oxygens (including phenoxy) is 1. The molecule has 1 aromatic rings. The smallest absolute Gasteiger partial charge is 0.307 e. The topological polar surface area (TPSA) is 43.4 Å². The Balaban J connectivity index is 2.45. The number of rotatable bonds is 2. The van der Waals surface area contributed by atoms with Gasteiger partial charge in [0.15, 0.2) is 0 Å². The van der Waals surface area contributed by atoms with E-state index in [0.717, 1.165) is 0 Å². The quantitative estimate of drug-likeness (QED) is 0.777. The van der Waals surface area contributed by atoms with Gasteiger partial charge in [0.05, 0.1) is 12.3 Å². The van der Waals surface area contributed by atoms with E-state index < -0.39 is 18.0 Å². The molecule has 1 aromatic carbocycles. The summed E-state index contributed by atoms with van der Waals surface area (Å²) in [5.74, 6) is -0.997. The van der Waals surface area contributed by atoms with Crippen molar-refractivity contribution in [3.63, 3.8) is 0 Å². The normalized spacial score (nSPS) is 23.6. The molecule has 2 rings (SSSR count). The van der Waals surface area contributed by atoms with Crippen LogP contribution in [0, 0.1) is 5.92 Å². The van der Waals surface area contributed by atoms with Crippen molar-refractivity contribution in [2.45, 2.75) is 19.4 Å². The van der Waals surface area contributed by atoms with Crippen molar-refractivity contribution in [2.24, 2.45) is 5.92 Å². The summed E-state index contributed by atoms with van der Waals surface area (Å²) in [6.45, 7) is 1.43. The van der Waals surface area contributed by atoms with Crippen molar-refractivity contribution in [2.75, 3.05) is 0 Å². The number of hydrogen-bond acceptors (Lipinski definition) is 3. The van der Waals surface area contributed by atoms with Gasteiger partial charge >= 0.3 is 5.97 Å². The van der Waals surface area contributed by atoms with Crippen molar-refractivity contribution in [1.82, 2.24) is 0 Å². The van der Waals surface area contributed by atoms with Crippen molar-refractivity contribution >= 4 is 35.0 Å². The zero-order valence-electron chi connectivity index (χ0n) is 9.07. The van der Waals surface area contributed by atoms with Crippen LogP contribution in [-0.4, -0.2) is 11.8 Å². The third-order valence-corrected chi connectivity index (χ3v) is 3.48. The second-order valence-electron chi connectivity index (χ2n) is 3.97. The maximum Gasteiger partial charge on any atom is 0.307 e. The molecule has 1 aliphatic heterocycles. The minimum absolute atomic E-state index is 0.0849. The number of halogens is 2. The lowest BCUT2D eigenvalue weighted by Gasteiger charge is -2.18. The van der Waals surface area contributed by atoms with Gasteiger partial charge in [-0.15, -0.1) is 0 Å². The molecule has 0 spiro atoms. The van der Waals surface area contributed by atoms with Crippen LogP contribution < -0.4 is 0 Å². The zero-order chi connectivity index (χ0) is 12.6. The Bertz CT molecular complexity index is 464. The fourth-order valence-electron chi connectivity index (χ4n) is 1.96. The first kappa shape index (κ1) is 12.4. The van der Waals surface area contributed by atoms with Crippen LogP contribution in [0.1, 0.15) is 25.0 Å². The molecular formula is C12H10Cl2O3. The molecule has 0 amide bonds. The zero-order valence-corrected chi connectivity index (χ0v) is 10.6. The van der Waals surface area contributed by atoms with E-state index in [2.05, 4.69) is 0 Å². The molecule has 0 saturated carbocycles. The average molecular weight is 273 g/mol. The Morgan fingerprint density at radius 3 is 2.47 bits per heavy atom. The number of Topliss-reactive ketones (excluding diaryl/α,β-unsaturated/α-hetero) is 1. The minimum atomic E-state index is -0.666. The van der Waals surface area contributed by atoms with Gasteiger partial charge in [0.1, 0.15) is 11.9 Å². The highest BCUT2D eigenvalue weighted by Crippen LogP contribution is 2.42. The molecule has 3 nitrogen and oxygen atoms in total. The molecule has 1 saturated heterocycles. The highest BCUT2D eigenvalue weighted by Gasteiger charge is 2.40. The van der Waals surface area contributed by atoms with Gasteiger partial charge in [0.25, 0.3) is 0 Å². The van der Waals surface area contributed by atoms with Crippen molar-refractivity contribution in [1.29, 1.82) is 0 Å². The molecule has 17 heavy (non-hydrogen) atoms. The third-order valence-electron chi connectivity index (χ3n) is 2.82. The third kappa shape index (κ3) is 2.31. The van der Waals surface area contributed by atoms with Crippen LogP contribution >= 0.6 is 23.2 Å². The lowest BCUT2D eigenvalue weighted by atomic mass is 9.92. The Labute approximate surface area is 109 Å². The van der Waals surface area contributed by atoms with Crippen LogP contribution in [0.4, 0.5) is 0 Å². The number of cyclic esters (lactones) is 1. The van der Waals surface area contributed by atoms with Crippen molar-refractivity contribution < 1.29 is 14.3 Å². The van der Waals surface area contributed by atoms with E-state index in [4.69, 9.17) is 27.9 Å². The Morgan fingerprint density at radius 2 is 1.94 bits per heavy atom. The Kier molecular flexibility index (Phi) is 3.40. The van der Waals surface area contributed by atoms with Gasteiger partial charge in [0.2, 0.25) is 0 Å². The molecule has 0 aliphatic carbocycles. The van der Waals surface area contributed by atoms with Gasteiger partial charge in [-0.3, -0.25) is 9.59 Å². The largest absolute Gasteiger partial charge is 0.457 e. The van der Waals surface area contributed by atoms with Crippen LogP contribution in [0.5, 0.6) is 0 Å². The molecule has 1 heterocycles. The van der Waals surface area contributed by atoms with Crippen LogP contribution in [0.3, 0.4) is 0 Å². The monoisotopic (exact) mass is 272 g/mol. The molecule has 5 heteroatoms. The van der Waals surface area contributed by atoms with Crippen LogP contribution in [0.2, 0.25) is 10.0 Å². The summed E-state index contributed by atoms with van der Waals surface area (Å²) in [6, 6.07) is 5.02. The molecule has 1 fully saturated rings. The average Bonchev–Trinajstić information content (AvgIpc) is 2.60. The molecule has 0 aromatic heterocycles. The van der Waals surface area contributed by atoms with E-state index in [1.54, 1.807) is 18.2 Å². The van der Waals surface area contributed by atoms with E-state index in [1.165, 1.54) is 6.92 Å². The van der Waals surface area contributed by atoms with Crippen molar-refractivity contribution in [3.8, 4) is 0 Å². The summed E-state index contributed by atoms with van der Waals surface area (Å²) >= 11 is 12.1. The molecule has 0 bridgehead atoms. The van der Waals surface area contributed by atoms with Crippen LogP contribution in [0.25, 0.3) is 0 Å². The number of benzene rings is 1. The molecular weight excluding hydrogens is 263 g/mol. The first-order chi connectivity index (χ1) is 8.00. The van der Waals surface area contributed by atoms with Gasteiger partial charge in [-0.25, -0.2) is 0 Å². The highest BCUT2D eigenvalue weighted by atomic mass is 35.5. The SMILES string of the molecule is CC(=O)[C@@H]1CC(=O)O[C@H]1c1c(Cl)cccc1Cl. The molecule has 2 atom stereocenters. The fourth-order valence-corrected chi connectivity index (χ4v) is 2.57. The predicted molar refractivity (Wildman–Crippen MR) is 64.1 cm³/mol. The minimum Gasteiger partial charge on any atom is -0.457 e. The lowest BCUT2D eigenvalue weighted by molar-refractivity contribution is -0.141. The summed E-state index contributed by atoms with van der Waals surface area (Å²) in [5, 5.41) is 0.812. The predicted octanol–water partition coefficient (Wildman–Crippen LogP) is 3.19. The Hall–Kier alpha value is -1.06. The molecule has 0 radical (unpaired) electrons. The van der Waals surface area contributed by atoms with Crippen LogP contribution in [-0.2, 0) is 14.3 Å². The van der Waals surface area contributed by atoms with E-state index >= 15 is 0 Å². The van der Waals surface area contributed by atoms with Gasteiger partial charge in [-0.2, -0.15) is 0 Å². The Morgan fingerprint density at radius 1 is 1.35 bits per heavy atom. The number of carbonyl (C=O) groups is 2. The van der Waals surface area contributed by atoms with Crippen molar-refractivity contribution in [3.05, 3.63) is 33.8 Å². The number of carbonyl (C=O) groups excluding carboxylic acids is 2. The number of ketones is 1. The standard InChI is InChI=1S/C12H10Cl2O3/c1-6(15)7-5-10(16)17-12(7)11-8(13)3-2-4-9(11)14/h2-4,7,12H,5H2,1H3/t7-,12+/m0/s1. The van der Waals surface area contributed by atoms with Gasteiger partial charge in [-0.05, 0) is 19.1 Å². The maximum absolute atomic E-state index is 11.5. The number of esters is 1. The summed E-state index contributed by atoms with van der Waals surface area (Å²) in [6.07, 6.45) is -0.581. The van der Waals surface area contributed by atoms with Gasteiger partial charge in [0, 0.05) is 15.6 Å². The fraction of sp³-hybridized carbons (Fsp3) is 0.333. The van der Waals surface area contributed by atoms with Crippen LogP contribution in [0.15, 0.2) is 18.2 Å². The van der Waals surface area contributed by atoms with E-state index in [0.29, 0.717) is 15.6 Å². The summed E-state index contributed by atoms with van der Waals surface area (Å²) in [4.78, 5) is 22.8. The first-order valence-corrected chi connectivity index (χ1v) is 5.90. The van der Waals surface area contributed by atoms with E-state index in [1.807, 2.05) is 0 Å². The van der Waals surface area contributed by atoms with E-state index in [9.17, 15) is 9.59 Å². The highest BCUT2D eigenvalue weighted by molar-refractivity contribution is 6.36. The van der Waals surface area contributed by atoms with Gasteiger partial charge < -0.3 is 4.74 Å². The first-order valence-electron chi connectivity index (χ1n) is 5.14. The summed E-state index contributed by atoms with van der Waals surface area (Å²) in [7, 11) is 0.